The smallest absolute Gasteiger partial charge is 0.417 e. The molecule has 5 rings (SSSR count). The predicted molar refractivity (Wildman–Crippen MR) is 132 cm³/mol. The molecule has 0 bridgehead atoms. The summed E-state index contributed by atoms with van der Waals surface area (Å²) in [5.74, 6) is 0.117. The second-order valence-corrected chi connectivity index (χ2v) is 8.26. The third-order valence-corrected chi connectivity index (χ3v) is 5.83. The minimum atomic E-state index is -4.59. The maximum Gasteiger partial charge on any atom is 0.417 e. The number of nitrogens with one attached hydrogen (secondary N) is 3. The topological polar surface area (TPSA) is 113 Å². The van der Waals surface area contributed by atoms with E-state index in [-0.39, 0.29) is 30.1 Å². The molecule has 188 valence electrons. The van der Waals surface area contributed by atoms with Gasteiger partial charge in [-0.1, -0.05) is 36.4 Å². The normalized spacial score (nSPS) is 11.7. The first-order valence-corrected chi connectivity index (χ1v) is 11.3. The Hall–Kier alpha value is -4.67. The zero-order valence-corrected chi connectivity index (χ0v) is 19.4. The molecular weight excluding hydrogens is 487 g/mol. The van der Waals surface area contributed by atoms with E-state index in [2.05, 4.69) is 25.5 Å². The Labute approximate surface area is 207 Å². The van der Waals surface area contributed by atoms with Crippen LogP contribution in [0.2, 0.25) is 0 Å². The van der Waals surface area contributed by atoms with E-state index in [1.807, 2.05) is 0 Å². The molecule has 2 aromatic heterocycles. The number of aromatic amines is 2. The number of fused-ring (bicyclic) bond motifs is 2. The number of anilines is 1. The van der Waals surface area contributed by atoms with E-state index >= 15 is 0 Å². The molecule has 0 atom stereocenters. The molecule has 3 N–H and O–H groups in total. The van der Waals surface area contributed by atoms with E-state index in [1.165, 1.54) is 18.2 Å². The van der Waals surface area contributed by atoms with Crippen molar-refractivity contribution in [1.29, 1.82) is 0 Å². The van der Waals surface area contributed by atoms with Gasteiger partial charge in [-0.15, -0.1) is 0 Å². The van der Waals surface area contributed by atoms with Gasteiger partial charge in [-0.2, -0.15) is 18.3 Å². The van der Waals surface area contributed by atoms with Gasteiger partial charge in [-0.3, -0.25) is 10.1 Å². The van der Waals surface area contributed by atoms with Gasteiger partial charge < -0.3 is 9.72 Å². The third-order valence-electron chi connectivity index (χ3n) is 5.83. The van der Waals surface area contributed by atoms with Crippen molar-refractivity contribution in [3.8, 4) is 11.1 Å². The molecule has 0 radical (unpaired) electrons. The lowest BCUT2D eigenvalue weighted by atomic mass is 9.94. The van der Waals surface area contributed by atoms with Crippen LogP contribution < -0.4 is 10.9 Å². The monoisotopic (exact) mass is 507 g/mol. The van der Waals surface area contributed by atoms with Gasteiger partial charge in [0.15, 0.2) is 0 Å². The zero-order valence-electron chi connectivity index (χ0n) is 19.4. The summed E-state index contributed by atoms with van der Waals surface area (Å²) in [4.78, 5) is 30.9. The molecule has 0 aliphatic heterocycles. The second-order valence-electron chi connectivity index (χ2n) is 8.26. The van der Waals surface area contributed by atoms with E-state index in [4.69, 9.17) is 4.74 Å². The Morgan fingerprint density at radius 3 is 2.59 bits per heavy atom. The van der Waals surface area contributed by atoms with Crippen LogP contribution in [0.15, 0.2) is 65.5 Å². The first kappa shape index (κ1) is 24.0. The number of rotatable bonds is 5. The number of H-pyrrole nitrogens is 2. The van der Waals surface area contributed by atoms with Crippen LogP contribution >= 0.6 is 0 Å². The van der Waals surface area contributed by atoms with Gasteiger partial charge in [0.2, 0.25) is 5.95 Å². The fraction of sp³-hybridized carbons (Fsp3) is 0.154. The lowest BCUT2D eigenvalue weighted by molar-refractivity contribution is -0.137. The Bertz CT molecular complexity index is 1690. The van der Waals surface area contributed by atoms with E-state index in [9.17, 15) is 22.8 Å². The molecule has 0 aliphatic rings. The summed E-state index contributed by atoms with van der Waals surface area (Å²) in [6.45, 7) is 1.84. The van der Waals surface area contributed by atoms with Crippen LogP contribution in [0.25, 0.3) is 32.9 Å². The van der Waals surface area contributed by atoms with Gasteiger partial charge in [-0.25, -0.2) is 14.9 Å². The number of imidazole rings is 1. The van der Waals surface area contributed by atoms with Crippen LogP contribution in [0.4, 0.5) is 23.9 Å². The quantitative estimate of drug-likeness (QED) is 0.285. The van der Waals surface area contributed by atoms with Crippen LogP contribution in [0.3, 0.4) is 0 Å². The average molecular weight is 507 g/mol. The molecule has 5 aromatic rings. The lowest BCUT2D eigenvalue weighted by Gasteiger charge is -2.15. The van der Waals surface area contributed by atoms with Gasteiger partial charge in [0.25, 0.3) is 5.56 Å². The number of hydrogen-bond donors (Lipinski definition) is 3. The maximum atomic E-state index is 13.9. The van der Waals surface area contributed by atoms with Crippen LogP contribution in [0.5, 0.6) is 0 Å². The molecule has 0 saturated carbocycles. The molecular formula is C26H20F3N5O3. The standard InChI is InChI=1S/C26H20F3N5O3/c1-2-37-25(36)32-24-30-20-10-8-15(13-22(20)31-24)18-11-14(7-9-19(18)26(27,28)29)12-21-16-5-3-4-6-17(16)23(35)34-33-21/h3-11,13H,2,12H2,1H3,(H,34,35)(H2,30,31,32,36). The number of benzene rings is 3. The van der Waals surface area contributed by atoms with E-state index < -0.39 is 17.8 Å². The molecule has 37 heavy (non-hydrogen) atoms. The minimum absolute atomic E-state index is 0.0245. The summed E-state index contributed by atoms with van der Waals surface area (Å²) < 4.78 is 46.7. The molecule has 3 aromatic carbocycles. The number of aromatic nitrogens is 4. The summed E-state index contributed by atoms with van der Waals surface area (Å²) in [6, 6.07) is 15.5. The first-order chi connectivity index (χ1) is 17.7. The first-order valence-electron chi connectivity index (χ1n) is 11.3. The largest absolute Gasteiger partial charge is 0.450 e. The predicted octanol–water partition coefficient (Wildman–Crippen LogP) is 5.64. The highest BCUT2D eigenvalue weighted by Gasteiger charge is 2.34. The minimum Gasteiger partial charge on any atom is -0.450 e. The number of hydrogen-bond acceptors (Lipinski definition) is 5. The van der Waals surface area contributed by atoms with Crippen molar-refractivity contribution >= 4 is 33.8 Å². The molecule has 0 spiro atoms. The highest BCUT2D eigenvalue weighted by atomic mass is 19.4. The van der Waals surface area contributed by atoms with Gasteiger partial charge in [0.1, 0.15) is 0 Å². The highest BCUT2D eigenvalue weighted by molar-refractivity contribution is 5.88. The summed E-state index contributed by atoms with van der Waals surface area (Å²) in [7, 11) is 0. The van der Waals surface area contributed by atoms with Crippen molar-refractivity contribution in [3.05, 3.63) is 87.8 Å². The van der Waals surface area contributed by atoms with Crippen LogP contribution in [-0.2, 0) is 17.3 Å². The Balaban J connectivity index is 1.55. The number of amides is 1. The van der Waals surface area contributed by atoms with Gasteiger partial charge in [0.05, 0.1) is 34.3 Å². The number of carbonyl (C=O) groups is 1. The highest BCUT2D eigenvalue weighted by Crippen LogP contribution is 2.38. The van der Waals surface area contributed by atoms with Crippen molar-refractivity contribution in [1.82, 2.24) is 20.2 Å². The molecule has 11 heteroatoms. The van der Waals surface area contributed by atoms with Crippen molar-refractivity contribution < 1.29 is 22.7 Å². The van der Waals surface area contributed by atoms with Crippen LogP contribution in [0, 0.1) is 0 Å². The van der Waals surface area contributed by atoms with E-state index in [1.54, 1.807) is 43.3 Å². The van der Waals surface area contributed by atoms with Crippen LogP contribution in [-0.4, -0.2) is 32.9 Å². The fourth-order valence-corrected chi connectivity index (χ4v) is 4.18. The average Bonchev–Trinajstić information content (AvgIpc) is 3.26. The Morgan fingerprint density at radius 1 is 1.05 bits per heavy atom. The SMILES string of the molecule is CCOC(=O)Nc1nc2cc(-c3cc(Cc4n[nH]c(=O)c5ccccc45)ccc3C(F)(F)F)ccc2[nH]1. The van der Waals surface area contributed by atoms with Crippen molar-refractivity contribution in [2.75, 3.05) is 11.9 Å². The van der Waals surface area contributed by atoms with Crippen molar-refractivity contribution in [2.45, 2.75) is 19.5 Å². The van der Waals surface area contributed by atoms with E-state index in [0.717, 1.165) is 6.07 Å². The fourth-order valence-electron chi connectivity index (χ4n) is 4.18. The van der Waals surface area contributed by atoms with Crippen molar-refractivity contribution in [3.63, 3.8) is 0 Å². The molecule has 0 saturated heterocycles. The molecule has 0 aliphatic carbocycles. The Morgan fingerprint density at radius 2 is 1.84 bits per heavy atom. The molecule has 1 amide bonds. The van der Waals surface area contributed by atoms with Crippen molar-refractivity contribution in [2.24, 2.45) is 0 Å². The summed E-state index contributed by atoms with van der Waals surface area (Å²) in [5.41, 5.74) is 1.17. The zero-order chi connectivity index (χ0) is 26.2. The Kier molecular flexibility index (Phi) is 6.12. The summed E-state index contributed by atoms with van der Waals surface area (Å²) >= 11 is 0. The van der Waals surface area contributed by atoms with E-state index in [0.29, 0.717) is 38.6 Å². The molecule has 0 fully saturated rings. The maximum absolute atomic E-state index is 13.9. The number of nitrogens with zero attached hydrogens (tertiary/aromatic N) is 2. The summed E-state index contributed by atoms with van der Waals surface area (Å²) in [6.07, 6.45) is -5.08. The van der Waals surface area contributed by atoms with Gasteiger partial charge >= 0.3 is 12.3 Å². The molecule has 0 unspecified atom stereocenters. The van der Waals surface area contributed by atoms with Gasteiger partial charge in [0, 0.05) is 11.8 Å². The molecule has 8 nitrogen and oxygen atoms in total. The lowest BCUT2D eigenvalue weighted by Crippen LogP contribution is -2.14. The van der Waals surface area contributed by atoms with Gasteiger partial charge in [-0.05, 0) is 47.9 Å². The summed E-state index contributed by atoms with van der Waals surface area (Å²) in [5, 5.41) is 10.1. The number of alkyl halides is 3. The number of carbonyl (C=O) groups excluding carboxylic acids is 1. The van der Waals surface area contributed by atoms with Crippen LogP contribution in [0.1, 0.15) is 23.7 Å². The second kappa shape index (κ2) is 9.41. The third kappa shape index (κ3) is 4.88. The number of ether oxygens (including phenoxy) is 1. The molecule has 2 heterocycles. The number of halogens is 3.